The molecule has 0 aliphatic rings. The van der Waals surface area contributed by atoms with E-state index in [4.69, 9.17) is 20.9 Å². The normalized spacial score (nSPS) is 12.1. The lowest BCUT2D eigenvalue weighted by Crippen LogP contribution is -2.30. The first-order valence-corrected chi connectivity index (χ1v) is 10.7. The van der Waals surface area contributed by atoms with Crippen molar-refractivity contribution >= 4 is 45.0 Å². The van der Waals surface area contributed by atoms with Gasteiger partial charge in [-0.15, -0.1) is 0 Å². The molecule has 1 unspecified atom stereocenters. The number of nitrogens with zero attached hydrogens (tertiary/aromatic N) is 2. The Bertz CT molecular complexity index is 1210. The summed E-state index contributed by atoms with van der Waals surface area (Å²) in [6, 6.07) is 9.78. The topological polar surface area (TPSA) is 140 Å². The molecule has 162 valence electrons. The van der Waals surface area contributed by atoms with Gasteiger partial charge in [-0.2, -0.15) is 0 Å². The van der Waals surface area contributed by atoms with E-state index < -0.39 is 28.0 Å². The van der Waals surface area contributed by atoms with Gasteiger partial charge >= 0.3 is 5.97 Å². The third-order valence-corrected chi connectivity index (χ3v) is 5.60. The van der Waals surface area contributed by atoms with Crippen LogP contribution < -0.4 is 10.0 Å². The third kappa shape index (κ3) is 5.58. The Morgan fingerprint density at radius 1 is 1.19 bits per heavy atom. The lowest BCUT2D eigenvalue weighted by molar-refractivity contribution is -0.123. The zero-order chi connectivity index (χ0) is 22.6. The molecule has 2 heterocycles. The van der Waals surface area contributed by atoms with Gasteiger partial charge in [-0.25, -0.2) is 18.2 Å². The smallest absolute Gasteiger partial charge is 0.342 e. The number of amides is 1. The van der Waals surface area contributed by atoms with Gasteiger partial charge in [-0.05, 0) is 50.2 Å². The van der Waals surface area contributed by atoms with E-state index in [1.54, 1.807) is 6.92 Å². The quantitative estimate of drug-likeness (QED) is 0.401. The van der Waals surface area contributed by atoms with E-state index in [9.17, 15) is 18.0 Å². The molecule has 0 fully saturated rings. The first-order chi connectivity index (χ1) is 14.7. The summed E-state index contributed by atoms with van der Waals surface area (Å²) in [6.07, 6.45) is 0.283. The molecular weight excluding hydrogens is 448 g/mol. The fraction of sp³-hybridized carbons (Fsp3) is 0.158. The number of aryl methyl sites for hydroxylation is 1. The molecular formula is C19H17ClN4O6S. The molecule has 10 nitrogen and oxygen atoms in total. The first kappa shape index (κ1) is 22.2. The van der Waals surface area contributed by atoms with Crippen molar-refractivity contribution < 1.29 is 27.3 Å². The number of ether oxygens (including phenoxy) is 1. The highest BCUT2D eigenvalue weighted by molar-refractivity contribution is 7.92. The van der Waals surface area contributed by atoms with Crippen LogP contribution in [0.1, 0.15) is 23.0 Å². The predicted octanol–water partition coefficient (Wildman–Crippen LogP) is 3.02. The van der Waals surface area contributed by atoms with Crippen molar-refractivity contribution in [3.05, 3.63) is 65.1 Å². The number of nitrogens with one attached hydrogen (secondary N) is 2. The van der Waals surface area contributed by atoms with Gasteiger partial charge in [0.1, 0.15) is 10.9 Å². The summed E-state index contributed by atoms with van der Waals surface area (Å²) in [5.41, 5.74) is 0.344. The van der Waals surface area contributed by atoms with E-state index in [0.29, 0.717) is 11.4 Å². The first-order valence-electron chi connectivity index (χ1n) is 8.84. The van der Waals surface area contributed by atoms with Crippen LogP contribution in [0.25, 0.3) is 0 Å². The van der Waals surface area contributed by atoms with Crippen molar-refractivity contribution in [2.45, 2.75) is 24.8 Å². The van der Waals surface area contributed by atoms with E-state index in [1.165, 1.54) is 55.6 Å². The largest absolute Gasteiger partial charge is 0.449 e. The molecule has 0 saturated carbocycles. The summed E-state index contributed by atoms with van der Waals surface area (Å²) in [7, 11) is -3.89. The molecule has 2 aromatic heterocycles. The zero-order valence-electron chi connectivity index (χ0n) is 16.3. The van der Waals surface area contributed by atoms with Gasteiger partial charge in [0.05, 0.1) is 10.5 Å². The minimum atomic E-state index is -3.89. The predicted molar refractivity (Wildman–Crippen MR) is 111 cm³/mol. The van der Waals surface area contributed by atoms with Crippen molar-refractivity contribution in [2.75, 3.05) is 10.0 Å². The summed E-state index contributed by atoms with van der Waals surface area (Å²) < 4.78 is 37.0. The zero-order valence-corrected chi connectivity index (χ0v) is 17.9. The van der Waals surface area contributed by atoms with Crippen molar-refractivity contribution in [2.24, 2.45) is 0 Å². The number of benzene rings is 1. The lowest BCUT2D eigenvalue weighted by atomic mass is 10.2. The van der Waals surface area contributed by atoms with Crippen LogP contribution in [0.5, 0.6) is 0 Å². The van der Waals surface area contributed by atoms with Crippen molar-refractivity contribution in [1.82, 2.24) is 10.1 Å². The van der Waals surface area contributed by atoms with Crippen LogP contribution >= 0.6 is 11.6 Å². The summed E-state index contributed by atoms with van der Waals surface area (Å²) >= 11 is 5.84. The van der Waals surface area contributed by atoms with Gasteiger partial charge in [0.2, 0.25) is 0 Å². The maximum absolute atomic E-state index is 12.4. The average Bonchev–Trinajstić information content (AvgIpc) is 3.12. The number of aromatic nitrogens is 2. The lowest BCUT2D eigenvalue weighted by Gasteiger charge is -2.14. The third-order valence-electron chi connectivity index (χ3n) is 3.93. The van der Waals surface area contributed by atoms with Gasteiger partial charge in [0, 0.05) is 18.0 Å². The van der Waals surface area contributed by atoms with Crippen molar-refractivity contribution in [3.63, 3.8) is 0 Å². The number of esters is 1. The SMILES string of the molecule is Cc1cc(NS(=O)(=O)c2ccc(NC(=O)C(C)OC(=O)c3cccnc3Cl)cc2)no1. The number of carbonyl (C=O) groups is 2. The van der Waals surface area contributed by atoms with Crippen LogP contribution in [-0.4, -0.2) is 36.5 Å². The second kappa shape index (κ2) is 9.14. The summed E-state index contributed by atoms with van der Waals surface area (Å²) in [5, 5.41) is 6.08. The standard InChI is InChI=1S/C19H17ClN4O6S/c1-11-10-16(23-30-11)24-31(27,28)14-7-5-13(6-8-14)22-18(25)12(2)29-19(26)15-4-3-9-21-17(15)20/h3-10,12H,1-2H3,(H,22,25)(H,23,24). The second-order valence-electron chi connectivity index (χ2n) is 6.33. The van der Waals surface area contributed by atoms with Crippen molar-refractivity contribution in [3.8, 4) is 0 Å². The molecule has 0 aliphatic carbocycles. The minimum absolute atomic E-state index is 0.0354. The highest BCUT2D eigenvalue weighted by Gasteiger charge is 2.21. The van der Waals surface area contributed by atoms with Crippen LogP contribution in [0.3, 0.4) is 0 Å². The van der Waals surface area contributed by atoms with Gasteiger partial charge in [0.15, 0.2) is 11.9 Å². The Morgan fingerprint density at radius 2 is 1.90 bits per heavy atom. The molecule has 1 amide bonds. The molecule has 31 heavy (non-hydrogen) atoms. The molecule has 0 radical (unpaired) electrons. The Kier molecular flexibility index (Phi) is 6.56. The monoisotopic (exact) mass is 464 g/mol. The number of carbonyl (C=O) groups excluding carboxylic acids is 2. The molecule has 1 atom stereocenters. The molecule has 3 aromatic rings. The molecule has 0 aliphatic heterocycles. The molecule has 2 N–H and O–H groups in total. The Balaban J connectivity index is 1.61. The van der Waals surface area contributed by atoms with E-state index in [2.05, 4.69) is 20.2 Å². The number of hydrogen-bond donors (Lipinski definition) is 2. The maximum atomic E-state index is 12.4. The number of anilines is 2. The second-order valence-corrected chi connectivity index (χ2v) is 8.37. The van der Waals surface area contributed by atoms with E-state index >= 15 is 0 Å². The fourth-order valence-corrected chi connectivity index (χ4v) is 3.57. The highest BCUT2D eigenvalue weighted by atomic mass is 35.5. The van der Waals surface area contributed by atoms with Crippen LogP contribution in [0.4, 0.5) is 11.5 Å². The number of rotatable bonds is 7. The number of halogens is 1. The molecule has 1 aromatic carbocycles. The molecule has 12 heteroatoms. The molecule has 0 spiro atoms. The summed E-state index contributed by atoms with van der Waals surface area (Å²) in [4.78, 5) is 28.2. The summed E-state index contributed by atoms with van der Waals surface area (Å²) in [6.45, 7) is 3.02. The maximum Gasteiger partial charge on any atom is 0.342 e. The Labute approximate surface area is 182 Å². The average molecular weight is 465 g/mol. The number of hydrogen-bond acceptors (Lipinski definition) is 8. The molecule has 0 saturated heterocycles. The molecule has 3 rings (SSSR count). The highest BCUT2D eigenvalue weighted by Crippen LogP contribution is 2.19. The van der Waals surface area contributed by atoms with Crippen LogP contribution in [0.2, 0.25) is 5.15 Å². The van der Waals surface area contributed by atoms with Crippen molar-refractivity contribution in [1.29, 1.82) is 0 Å². The van der Waals surface area contributed by atoms with E-state index in [-0.39, 0.29) is 21.4 Å². The van der Waals surface area contributed by atoms with Crippen LogP contribution in [0, 0.1) is 6.92 Å². The van der Waals surface area contributed by atoms with E-state index in [0.717, 1.165) is 0 Å². The number of pyridine rings is 1. The van der Waals surface area contributed by atoms with Gasteiger partial charge in [-0.3, -0.25) is 9.52 Å². The fourth-order valence-electron chi connectivity index (χ4n) is 2.39. The van der Waals surface area contributed by atoms with Crippen LogP contribution in [0.15, 0.2) is 58.1 Å². The minimum Gasteiger partial charge on any atom is -0.449 e. The van der Waals surface area contributed by atoms with Gasteiger partial charge in [-0.1, -0.05) is 16.8 Å². The summed E-state index contributed by atoms with van der Waals surface area (Å²) in [5.74, 6) is -0.896. The number of sulfonamides is 1. The van der Waals surface area contributed by atoms with Crippen LogP contribution in [-0.2, 0) is 19.6 Å². The van der Waals surface area contributed by atoms with Gasteiger partial charge < -0.3 is 14.6 Å². The Morgan fingerprint density at radius 3 is 2.52 bits per heavy atom. The molecule has 0 bridgehead atoms. The van der Waals surface area contributed by atoms with Gasteiger partial charge in [0.25, 0.3) is 15.9 Å². The van der Waals surface area contributed by atoms with E-state index in [1.807, 2.05) is 0 Å². The Hall–Kier alpha value is -3.44.